The summed E-state index contributed by atoms with van der Waals surface area (Å²) < 4.78 is 0. The van der Waals surface area contributed by atoms with Gasteiger partial charge in [-0.1, -0.05) is 19.1 Å². The Hall–Kier alpha value is -1.92. The normalized spacial score (nSPS) is 12.2. The number of carbonyl (C=O) groups is 1. The van der Waals surface area contributed by atoms with Crippen LogP contribution in [0.3, 0.4) is 0 Å². The lowest BCUT2D eigenvalue weighted by Crippen LogP contribution is -2.21. The first-order valence-corrected chi connectivity index (χ1v) is 7.17. The highest BCUT2D eigenvalue weighted by molar-refractivity contribution is 7.13. The summed E-state index contributed by atoms with van der Waals surface area (Å²) in [6, 6.07) is 7.12. The van der Waals surface area contributed by atoms with Crippen molar-refractivity contribution in [1.82, 2.24) is 4.98 Å². The van der Waals surface area contributed by atoms with Gasteiger partial charge in [0.25, 0.3) is 0 Å². The first-order valence-electron chi connectivity index (χ1n) is 6.29. The van der Waals surface area contributed by atoms with Crippen LogP contribution in [0.2, 0.25) is 0 Å². The Morgan fingerprint density at radius 2 is 2.10 bits per heavy atom. The third-order valence-electron chi connectivity index (χ3n) is 3.11. The molecule has 0 bridgehead atoms. The van der Waals surface area contributed by atoms with Crippen molar-refractivity contribution in [3.63, 3.8) is 0 Å². The van der Waals surface area contributed by atoms with Crippen molar-refractivity contribution < 1.29 is 9.90 Å². The molecule has 1 aromatic carbocycles. The summed E-state index contributed by atoms with van der Waals surface area (Å²) in [6.45, 7) is 2.11. The van der Waals surface area contributed by atoms with Crippen LogP contribution in [0, 0.1) is 0 Å². The number of hydrogen-bond donors (Lipinski definition) is 2. The zero-order valence-electron chi connectivity index (χ0n) is 11.4. The van der Waals surface area contributed by atoms with Crippen LogP contribution in [0.4, 0.5) is 10.8 Å². The van der Waals surface area contributed by atoms with Gasteiger partial charge in [-0.25, -0.2) is 4.98 Å². The van der Waals surface area contributed by atoms with Gasteiger partial charge in [-0.05, 0) is 24.1 Å². The van der Waals surface area contributed by atoms with Gasteiger partial charge < -0.3 is 15.7 Å². The number of anilines is 2. The maximum absolute atomic E-state index is 10.8. The molecule has 2 rings (SSSR count). The van der Waals surface area contributed by atoms with Gasteiger partial charge >= 0.3 is 5.97 Å². The van der Waals surface area contributed by atoms with Gasteiger partial charge in [-0.3, -0.25) is 4.79 Å². The van der Waals surface area contributed by atoms with Crippen molar-refractivity contribution >= 4 is 28.1 Å². The molecule has 0 amide bonds. The summed E-state index contributed by atoms with van der Waals surface area (Å²) in [5.74, 6) is -1.07. The SMILES string of the molecule is CCc1ccc(N(C)c2nc(C(N)C(=O)O)cs2)cc1. The fourth-order valence-electron chi connectivity index (χ4n) is 1.77. The molecule has 0 saturated carbocycles. The molecule has 5 nitrogen and oxygen atoms in total. The maximum atomic E-state index is 10.8. The summed E-state index contributed by atoms with van der Waals surface area (Å²) in [6.07, 6.45) is 0.999. The Morgan fingerprint density at radius 1 is 1.45 bits per heavy atom. The van der Waals surface area contributed by atoms with Crippen LogP contribution < -0.4 is 10.6 Å². The third-order valence-corrected chi connectivity index (χ3v) is 4.05. The van der Waals surface area contributed by atoms with E-state index < -0.39 is 12.0 Å². The first kappa shape index (κ1) is 14.5. The van der Waals surface area contributed by atoms with E-state index >= 15 is 0 Å². The number of nitrogens with two attached hydrogens (primary N) is 1. The molecule has 1 atom stereocenters. The standard InChI is InChI=1S/C14H17N3O2S/c1-3-9-4-6-10(7-5-9)17(2)14-16-11(8-20-14)12(15)13(18)19/h4-8,12H,3,15H2,1-2H3,(H,18,19). The molecule has 2 aromatic rings. The Bertz CT molecular complexity index is 595. The zero-order chi connectivity index (χ0) is 14.7. The van der Waals surface area contributed by atoms with Crippen LogP contribution in [0.1, 0.15) is 24.2 Å². The topological polar surface area (TPSA) is 79.5 Å². The second kappa shape index (κ2) is 6.02. The van der Waals surface area contributed by atoms with Gasteiger partial charge in [0.15, 0.2) is 5.13 Å². The van der Waals surface area contributed by atoms with Gasteiger partial charge in [0.1, 0.15) is 6.04 Å². The molecule has 0 radical (unpaired) electrons. The predicted molar refractivity (Wildman–Crippen MR) is 80.6 cm³/mol. The minimum Gasteiger partial charge on any atom is -0.480 e. The van der Waals surface area contributed by atoms with Crippen molar-refractivity contribution in [2.45, 2.75) is 19.4 Å². The van der Waals surface area contributed by atoms with Crippen molar-refractivity contribution in [1.29, 1.82) is 0 Å². The lowest BCUT2D eigenvalue weighted by molar-refractivity contribution is -0.138. The smallest absolute Gasteiger partial charge is 0.326 e. The molecule has 1 unspecified atom stereocenters. The fraction of sp³-hybridized carbons (Fsp3) is 0.286. The number of aliphatic carboxylic acids is 1. The number of aromatic nitrogens is 1. The largest absolute Gasteiger partial charge is 0.480 e. The predicted octanol–water partition coefficient (Wildman–Crippen LogP) is 2.56. The van der Waals surface area contributed by atoms with E-state index in [9.17, 15) is 4.79 Å². The minimum atomic E-state index is -1.07. The van der Waals surface area contributed by atoms with E-state index in [2.05, 4.69) is 24.0 Å². The van der Waals surface area contributed by atoms with E-state index in [0.717, 1.165) is 17.2 Å². The molecule has 0 fully saturated rings. The molecular weight excluding hydrogens is 274 g/mol. The molecule has 6 heteroatoms. The maximum Gasteiger partial charge on any atom is 0.326 e. The highest BCUT2D eigenvalue weighted by Crippen LogP contribution is 2.28. The van der Waals surface area contributed by atoms with Crippen LogP contribution in [-0.2, 0) is 11.2 Å². The number of carboxylic acids is 1. The third kappa shape index (κ3) is 2.97. The van der Waals surface area contributed by atoms with Crippen LogP contribution in [-0.4, -0.2) is 23.1 Å². The van der Waals surface area contributed by atoms with Crippen LogP contribution >= 0.6 is 11.3 Å². The van der Waals surface area contributed by atoms with Gasteiger partial charge in [-0.15, -0.1) is 11.3 Å². The minimum absolute atomic E-state index is 0.384. The van der Waals surface area contributed by atoms with E-state index in [-0.39, 0.29) is 0 Å². The van der Waals surface area contributed by atoms with Gasteiger partial charge in [-0.2, -0.15) is 0 Å². The summed E-state index contributed by atoms with van der Waals surface area (Å²) >= 11 is 1.38. The number of rotatable bonds is 5. The van der Waals surface area contributed by atoms with Gasteiger partial charge in [0.05, 0.1) is 5.69 Å². The second-order valence-corrected chi connectivity index (χ2v) is 5.29. The number of thiazole rings is 1. The molecule has 20 heavy (non-hydrogen) atoms. The van der Waals surface area contributed by atoms with Crippen LogP contribution in [0.15, 0.2) is 29.6 Å². The van der Waals surface area contributed by atoms with E-state index in [1.54, 1.807) is 5.38 Å². The Kier molecular flexibility index (Phi) is 4.36. The molecule has 106 valence electrons. The summed E-state index contributed by atoms with van der Waals surface area (Å²) in [7, 11) is 1.90. The highest BCUT2D eigenvalue weighted by atomic mass is 32.1. The molecule has 0 aliphatic heterocycles. The zero-order valence-corrected chi connectivity index (χ0v) is 12.2. The number of nitrogens with zero attached hydrogens (tertiary/aromatic N) is 2. The van der Waals surface area contributed by atoms with E-state index in [0.29, 0.717) is 5.69 Å². The molecule has 0 aliphatic rings. The van der Waals surface area contributed by atoms with Crippen molar-refractivity contribution in [3.8, 4) is 0 Å². The molecule has 3 N–H and O–H groups in total. The highest BCUT2D eigenvalue weighted by Gasteiger charge is 2.19. The summed E-state index contributed by atoms with van der Waals surface area (Å²) in [4.78, 5) is 17.1. The molecule has 0 aliphatic carbocycles. The lowest BCUT2D eigenvalue weighted by atomic mass is 10.1. The fourth-order valence-corrected chi connectivity index (χ4v) is 2.61. The van der Waals surface area contributed by atoms with Crippen molar-refractivity contribution in [2.24, 2.45) is 5.73 Å². The number of benzene rings is 1. The number of aryl methyl sites for hydroxylation is 1. The molecule has 0 saturated heterocycles. The van der Waals surface area contributed by atoms with Crippen molar-refractivity contribution in [2.75, 3.05) is 11.9 Å². The van der Waals surface area contributed by atoms with E-state index in [1.165, 1.54) is 16.9 Å². The molecule has 0 spiro atoms. The quantitative estimate of drug-likeness (QED) is 0.885. The van der Waals surface area contributed by atoms with Crippen molar-refractivity contribution in [3.05, 3.63) is 40.9 Å². The first-order chi connectivity index (χ1) is 9.52. The number of carboxylic acid groups (broad SMARTS) is 1. The molecule has 1 heterocycles. The average molecular weight is 291 g/mol. The Morgan fingerprint density at radius 3 is 2.65 bits per heavy atom. The lowest BCUT2D eigenvalue weighted by Gasteiger charge is -2.16. The summed E-state index contributed by atoms with van der Waals surface area (Å²) in [5.41, 5.74) is 8.22. The summed E-state index contributed by atoms with van der Waals surface area (Å²) in [5, 5.41) is 11.3. The van der Waals surface area contributed by atoms with E-state index in [4.69, 9.17) is 10.8 Å². The Balaban J connectivity index is 2.20. The van der Waals surface area contributed by atoms with Crippen LogP contribution in [0.5, 0.6) is 0 Å². The van der Waals surface area contributed by atoms with Gasteiger partial charge in [0.2, 0.25) is 0 Å². The molecule has 1 aromatic heterocycles. The van der Waals surface area contributed by atoms with E-state index in [1.807, 2.05) is 24.1 Å². The molecular formula is C14H17N3O2S. The number of hydrogen-bond acceptors (Lipinski definition) is 5. The monoisotopic (exact) mass is 291 g/mol. The average Bonchev–Trinajstić information content (AvgIpc) is 2.95. The van der Waals surface area contributed by atoms with Gasteiger partial charge in [0, 0.05) is 18.1 Å². The van der Waals surface area contributed by atoms with Crippen LogP contribution in [0.25, 0.3) is 0 Å². The Labute approximate surface area is 121 Å². The second-order valence-electron chi connectivity index (χ2n) is 4.45.